The van der Waals surface area contributed by atoms with Crippen LogP contribution in [0.1, 0.15) is 39.5 Å². The average molecular weight is 279 g/mol. The van der Waals surface area contributed by atoms with Gasteiger partial charge in [-0.15, -0.1) is 0 Å². The van der Waals surface area contributed by atoms with E-state index in [1.54, 1.807) is 7.05 Å². The molecule has 1 rings (SSSR count). The third-order valence-corrected chi connectivity index (χ3v) is 3.55. The van der Waals surface area contributed by atoms with Gasteiger partial charge in [-0.3, -0.25) is 9.79 Å². The molecule has 6 heteroatoms. The number of imide groups is 1. The van der Waals surface area contributed by atoms with E-state index in [1.807, 2.05) is 13.0 Å². The van der Waals surface area contributed by atoms with E-state index in [-0.39, 0.29) is 6.04 Å². The van der Waals surface area contributed by atoms with Crippen LogP contribution in [-0.4, -0.2) is 47.7 Å². The highest BCUT2D eigenvalue weighted by atomic mass is 16.2. The molecule has 20 heavy (non-hydrogen) atoms. The van der Waals surface area contributed by atoms with E-state index < -0.39 is 17.9 Å². The molecule has 0 aromatic heterocycles. The van der Waals surface area contributed by atoms with Crippen molar-refractivity contribution in [3.05, 3.63) is 0 Å². The lowest BCUT2D eigenvalue weighted by atomic mass is 10.0. The van der Waals surface area contributed by atoms with Crippen molar-refractivity contribution in [2.24, 2.45) is 5.92 Å². The highest BCUT2D eigenvalue weighted by molar-refractivity contribution is 6.17. The lowest BCUT2D eigenvalue weighted by Gasteiger charge is -2.27. The van der Waals surface area contributed by atoms with Gasteiger partial charge in [-0.2, -0.15) is 10.2 Å². The first kappa shape index (κ1) is 16.2. The maximum Gasteiger partial charge on any atom is 0.417 e. The van der Waals surface area contributed by atoms with E-state index in [9.17, 15) is 14.9 Å². The number of hydrogen-bond donors (Lipinski definition) is 1. The van der Waals surface area contributed by atoms with Gasteiger partial charge in [0.05, 0.1) is 19.2 Å². The van der Waals surface area contributed by atoms with Gasteiger partial charge in [0.15, 0.2) is 0 Å². The minimum Gasteiger partial charge on any atom is -0.274 e. The Hall–Kier alpha value is -1.90. The Labute approximate surface area is 120 Å². The third-order valence-electron chi connectivity index (χ3n) is 3.55. The Balaban J connectivity index is 2.91. The quantitative estimate of drug-likeness (QED) is 0.725. The molecule has 6 nitrogen and oxygen atoms in total. The van der Waals surface area contributed by atoms with E-state index in [0.717, 1.165) is 30.6 Å². The number of nitrogens with one attached hydrogen (secondary N) is 1. The second-order valence-corrected chi connectivity index (χ2v) is 5.23. The molecule has 0 bridgehead atoms. The number of nitrogens with zero attached hydrogens (tertiary/aromatic N) is 3. The molecule has 2 unspecified atom stereocenters. The van der Waals surface area contributed by atoms with Crippen molar-refractivity contribution in [2.75, 3.05) is 14.1 Å². The predicted octanol–water partition coefficient (Wildman–Crippen LogP) is 0.0979. The molecule has 0 aromatic rings. The SMILES string of the molecule is CCCCCC(C)[NH+]=C1C(C#N)C(=O)N(C)C(=O)N1C. The van der Waals surface area contributed by atoms with Gasteiger partial charge in [-0.25, -0.2) is 9.69 Å². The fourth-order valence-electron chi connectivity index (χ4n) is 2.25. The summed E-state index contributed by atoms with van der Waals surface area (Å²) in [6.45, 7) is 4.14. The molecule has 1 aliphatic heterocycles. The molecule has 1 aliphatic rings. The number of nitriles is 1. The predicted molar refractivity (Wildman–Crippen MR) is 74.6 cm³/mol. The van der Waals surface area contributed by atoms with Gasteiger partial charge >= 0.3 is 6.03 Å². The monoisotopic (exact) mass is 279 g/mol. The van der Waals surface area contributed by atoms with Crippen LogP contribution in [0.2, 0.25) is 0 Å². The van der Waals surface area contributed by atoms with Gasteiger partial charge in [-0.1, -0.05) is 19.8 Å². The number of urea groups is 1. The Morgan fingerprint density at radius 3 is 2.50 bits per heavy atom. The second kappa shape index (κ2) is 7.04. The van der Waals surface area contributed by atoms with Crippen LogP contribution in [0, 0.1) is 17.2 Å². The van der Waals surface area contributed by atoms with E-state index in [1.165, 1.54) is 11.9 Å². The molecule has 1 fully saturated rings. The molecule has 3 amide bonds. The third kappa shape index (κ3) is 3.35. The molecule has 1 saturated heterocycles. The number of rotatable bonds is 5. The smallest absolute Gasteiger partial charge is 0.274 e. The summed E-state index contributed by atoms with van der Waals surface area (Å²) in [6, 6.07) is 1.68. The van der Waals surface area contributed by atoms with Crippen LogP contribution in [0.5, 0.6) is 0 Å². The average Bonchev–Trinajstić information content (AvgIpc) is 2.43. The molecule has 0 spiro atoms. The second-order valence-electron chi connectivity index (χ2n) is 5.23. The summed E-state index contributed by atoms with van der Waals surface area (Å²) < 4.78 is 0. The highest BCUT2D eigenvalue weighted by Crippen LogP contribution is 2.13. The van der Waals surface area contributed by atoms with Crippen molar-refractivity contribution >= 4 is 17.8 Å². The molecule has 1 N–H and O–H groups in total. The number of amidine groups is 1. The van der Waals surface area contributed by atoms with E-state index >= 15 is 0 Å². The van der Waals surface area contributed by atoms with Gasteiger partial charge in [-0.05, 0) is 19.8 Å². The largest absolute Gasteiger partial charge is 0.417 e. The van der Waals surface area contributed by atoms with E-state index in [4.69, 9.17) is 0 Å². The first-order valence-electron chi connectivity index (χ1n) is 7.02. The summed E-state index contributed by atoms with van der Waals surface area (Å²) >= 11 is 0. The molecule has 0 radical (unpaired) electrons. The summed E-state index contributed by atoms with van der Waals surface area (Å²) in [6.07, 6.45) is 4.33. The zero-order valence-electron chi connectivity index (χ0n) is 12.6. The fourth-order valence-corrected chi connectivity index (χ4v) is 2.25. The summed E-state index contributed by atoms with van der Waals surface area (Å²) in [5.41, 5.74) is 0. The van der Waals surface area contributed by atoms with Gasteiger partial charge in [0.1, 0.15) is 0 Å². The van der Waals surface area contributed by atoms with E-state index in [2.05, 4.69) is 11.9 Å². The Bertz CT molecular complexity index is 453. The summed E-state index contributed by atoms with van der Waals surface area (Å²) in [4.78, 5) is 29.4. The molecule has 2 atom stereocenters. The molecular formula is C14H23N4O2+. The molecule has 0 aliphatic carbocycles. The summed E-state index contributed by atoms with van der Waals surface area (Å²) in [5.74, 6) is -1.01. The summed E-state index contributed by atoms with van der Waals surface area (Å²) in [5, 5.41) is 9.18. The molecular weight excluding hydrogens is 256 g/mol. The van der Waals surface area contributed by atoms with Gasteiger partial charge in [0.2, 0.25) is 5.92 Å². The van der Waals surface area contributed by atoms with Crippen molar-refractivity contribution < 1.29 is 14.6 Å². The molecule has 1 heterocycles. The summed E-state index contributed by atoms with van der Waals surface area (Å²) in [7, 11) is 2.98. The van der Waals surface area contributed by atoms with E-state index in [0.29, 0.717) is 5.84 Å². The lowest BCUT2D eigenvalue weighted by Crippen LogP contribution is -2.84. The zero-order valence-corrected chi connectivity index (χ0v) is 12.6. The molecule has 0 saturated carbocycles. The van der Waals surface area contributed by atoms with Gasteiger partial charge in [0.25, 0.3) is 11.7 Å². The minimum atomic E-state index is -0.934. The first-order chi connectivity index (χ1) is 9.43. The fraction of sp³-hybridized carbons (Fsp3) is 0.714. The number of unbranched alkanes of at least 4 members (excludes halogenated alkanes) is 2. The van der Waals surface area contributed by atoms with Crippen molar-refractivity contribution in [1.82, 2.24) is 9.80 Å². The van der Waals surface area contributed by atoms with Crippen LogP contribution in [-0.2, 0) is 4.79 Å². The minimum absolute atomic E-state index is 0.124. The lowest BCUT2D eigenvalue weighted by molar-refractivity contribution is -0.506. The van der Waals surface area contributed by atoms with Crippen molar-refractivity contribution in [3.8, 4) is 6.07 Å². The standard InChI is InChI=1S/C14H22N4O2/c1-5-6-7-8-10(2)16-12-11(9-15)13(19)18(4)14(20)17(12)3/h10-11H,5-8H2,1-4H3/p+1. The topological polar surface area (TPSA) is 78.4 Å². The van der Waals surface area contributed by atoms with Crippen molar-refractivity contribution in [3.63, 3.8) is 0 Å². The van der Waals surface area contributed by atoms with Crippen LogP contribution in [0.3, 0.4) is 0 Å². The normalized spacial score (nSPS) is 23.1. The Kier molecular flexibility index (Phi) is 5.68. The molecule has 110 valence electrons. The number of carbonyl (C=O) groups excluding carboxylic acids is 2. The maximum atomic E-state index is 12.0. The van der Waals surface area contributed by atoms with Gasteiger partial charge < -0.3 is 0 Å². The van der Waals surface area contributed by atoms with Crippen LogP contribution < -0.4 is 4.99 Å². The first-order valence-corrected chi connectivity index (χ1v) is 7.02. The Morgan fingerprint density at radius 2 is 1.95 bits per heavy atom. The van der Waals surface area contributed by atoms with Crippen LogP contribution >= 0.6 is 0 Å². The number of hydrogen-bond acceptors (Lipinski definition) is 3. The maximum absolute atomic E-state index is 12.0. The van der Waals surface area contributed by atoms with Crippen molar-refractivity contribution in [1.29, 1.82) is 5.26 Å². The molecule has 0 aromatic carbocycles. The Morgan fingerprint density at radius 1 is 1.30 bits per heavy atom. The van der Waals surface area contributed by atoms with Crippen LogP contribution in [0.4, 0.5) is 4.79 Å². The van der Waals surface area contributed by atoms with Crippen molar-refractivity contribution in [2.45, 2.75) is 45.6 Å². The number of carbonyl (C=O) groups is 2. The van der Waals surface area contributed by atoms with Gasteiger partial charge in [0, 0.05) is 7.05 Å². The highest BCUT2D eigenvalue weighted by Gasteiger charge is 2.47. The van der Waals surface area contributed by atoms with Crippen LogP contribution in [0.15, 0.2) is 0 Å². The zero-order chi connectivity index (χ0) is 15.3. The van der Waals surface area contributed by atoms with Crippen LogP contribution in [0.25, 0.3) is 0 Å². The number of amides is 3.